The standard InChI is InChI=1S/C23H30O7/c1-15(2)6-4-7-16(3)10-12-29-22-20(26)18-8-5-9-19(21(18)30-23(22)27)28-13-11-17(25)14-24/h5-6,8-10,17,24-26H,4,7,11-14H2,1-3H3. The Morgan fingerprint density at radius 2 is 1.97 bits per heavy atom. The van der Waals surface area contributed by atoms with E-state index in [1.807, 2.05) is 13.0 Å². The average Bonchev–Trinajstić information content (AvgIpc) is 2.70. The molecule has 1 atom stereocenters. The van der Waals surface area contributed by atoms with Crippen molar-refractivity contribution in [1.82, 2.24) is 0 Å². The zero-order valence-electron chi connectivity index (χ0n) is 17.7. The van der Waals surface area contributed by atoms with Crippen LogP contribution in [-0.4, -0.2) is 41.2 Å². The third kappa shape index (κ3) is 6.64. The third-order valence-electron chi connectivity index (χ3n) is 4.50. The molecule has 1 aromatic heterocycles. The maximum absolute atomic E-state index is 12.3. The number of hydrogen-bond donors (Lipinski definition) is 3. The van der Waals surface area contributed by atoms with Gasteiger partial charge in [-0.3, -0.25) is 0 Å². The van der Waals surface area contributed by atoms with Gasteiger partial charge in [0.2, 0.25) is 5.75 Å². The number of para-hydroxylation sites is 1. The summed E-state index contributed by atoms with van der Waals surface area (Å²) in [4.78, 5) is 12.3. The van der Waals surface area contributed by atoms with Crippen LogP contribution in [0.3, 0.4) is 0 Å². The molecule has 30 heavy (non-hydrogen) atoms. The molecule has 7 heteroatoms. The lowest BCUT2D eigenvalue weighted by molar-refractivity contribution is 0.0754. The molecule has 0 fully saturated rings. The molecule has 0 bridgehead atoms. The summed E-state index contributed by atoms with van der Waals surface area (Å²) in [6.45, 7) is 5.98. The smallest absolute Gasteiger partial charge is 0.383 e. The molecular weight excluding hydrogens is 388 g/mol. The van der Waals surface area contributed by atoms with Crippen molar-refractivity contribution < 1.29 is 29.2 Å². The molecule has 0 aliphatic rings. The maximum Gasteiger partial charge on any atom is 0.383 e. The summed E-state index contributed by atoms with van der Waals surface area (Å²) in [7, 11) is 0. The van der Waals surface area contributed by atoms with Crippen molar-refractivity contribution in [3.63, 3.8) is 0 Å². The van der Waals surface area contributed by atoms with E-state index in [0.29, 0.717) is 0 Å². The van der Waals surface area contributed by atoms with E-state index in [2.05, 4.69) is 19.9 Å². The Kier molecular flexibility index (Phi) is 8.95. The highest BCUT2D eigenvalue weighted by Gasteiger charge is 2.18. The fourth-order valence-electron chi connectivity index (χ4n) is 2.76. The van der Waals surface area contributed by atoms with Crippen molar-refractivity contribution in [2.45, 2.75) is 46.1 Å². The van der Waals surface area contributed by atoms with Gasteiger partial charge >= 0.3 is 5.63 Å². The summed E-state index contributed by atoms with van der Waals surface area (Å²) in [5.41, 5.74) is 1.69. The second-order valence-corrected chi connectivity index (χ2v) is 7.36. The summed E-state index contributed by atoms with van der Waals surface area (Å²) in [6.07, 6.45) is 5.17. The van der Waals surface area contributed by atoms with Gasteiger partial charge in [-0.05, 0) is 51.8 Å². The number of ether oxygens (including phenoxy) is 2. The van der Waals surface area contributed by atoms with Gasteiger partial charge in [-0.1, -0.05) is 23.3 Å². The number of aliphatic hydroxyl groups excluding tert-OH is 2. The zero-order valence-corrected chi connectivity index (χ0v) is 17.7. The van der Waals surface area contributed by atoms with Gasteiger partial charge in [0.25, 0.3) is 0 Å². The molecule has 2 rings (SSSR count). The van der Waals surface area contributed by atoms with Gasteiger partial charge < -0.3 is 29.2 Å². The van der Waals surface area contributed by atoms with E-state index in [0.717, 1.165) is 18.4 Å². The molecule has 1 unspecified atom stereocenters. The van der Waals surface area contributed by atoms with Crippen LogP contribution in [-0.2, 0) is 0 Å². The second-order valence-electron chi connectivity index (χ2n) is 7.36. The van der Waals surface area contributed by atoms with Gasteiger partial charge in [0.15, 0.2) is 17.1 Å². The first kappa shape index (κ1) is 23.5. The normalized spacial score (nSPS) is 12.6. The first-order valence-electron chi connectivity index (χ1n) is 9.95. The summed E-state index contributed by atoms with van der Waals surface area (Å²) >= 11 is 0. The van der Waals surface area contributed by atoms with E-state index in [4.69, 9.17) is 19.0 Å². The number of hydrogen-bond acceptors (Lipinski definition) is 7. The summed E-state index contributed by atoms with van der Waals surface area (Å²) in [6, 6.07) is 4.84. The van der Waals surface area contributed by atoms with Crippen LogP contribution in [0.15, 0.2) is 50.7 Å². The molecule has 1 heterocycles. The van der Waals surface area contributed by atoms with Crippen LogP contribution in [0.25, 0.3) is 11.0 Å². The van der Waals surface area contributed by atoms with Gasteiger partial charge in [-0.15, -0.1) is 0 Å². The fraction of sp³-hybridized carbons (Fsp3) is 0.435. The first-order valence-corrected chi connectivity index (χ1v) is 9.95. The van der Waals surface area contributed by atoms with Gasteiger partial charge in [-0.2, -0.15) is 0 Å². The summed E-state index contributed by atoms with van der Waals surface area (Å²) < 4.78 is 16.4. The van der Waals surface area contributed by atoms with Crippen molar-refractivity contribution in [2.24, 2.45) is 0 Å². The highest BCUT2D eigenvalue weighted by atomic mass is 16.5. The lowest BCUT2D eigenvalue weighted by Crippen LogP contribution is -2.16. The lowest BCUT2D eigenvalue weighted by Gasteiger charge is -2.12. The second kappa shape index (κ2) is 11.4. The molecule has 164 valence electrons. The van der Waals surface area contributed by atoms with Crippen LogP contribution in [0.4, 0.5) is 0 Å². The van der Waals surface area contributed by atoms with Crippen LogP contribution >= 0.6 is 0 Å². The van der Waals surface area contributed by atoms with Gasteiger partial charge in [0.1, 0.15) is 6.61 Å². The largest absolute Gasteiger partial charge is 0.504 e. The molecule has 0 radical (unpaired) electrons. The summed E-state index contributed by atoms with van der Waals surface area (Å²) in [5.74, 6) is -0.298. The molecule has 3 N–H and O–H groups in total. The molecule has 1 aromatic carbocycles. The fourth-order valence-corrected chi connectivity index (χ4v) is 2.76. The van der Waals surface area contributed by atoms with Crippen LogP contribution < -0.4 is 15.1 Å². The highest BCUT2D eigenvalue weighted by Crippen LogP contribution is 2.35. The molecular formula is C23H30O7. The monoisotopic (exact) mass is 418 g/mol. The van der Waals surface area contributed by atoms with Crippen LogP contribution in [0, 0.1) is 0 Å². The molecule has 0 saturated carbocycles. The van der Waals surface area contributed by atoms with Gasteiger partial charge in [0, 0.05) is 6.42 Å². The molecule has 0 spiro atoms. The quantitative estimate of drug-likeness (QED) is 0.377. The summed E-state index contributed by atoms with van der Waals surface area (Å²) in [5, 5.41) is 29.1. The average molecular weight is 418 g/mol. The van der Waals surface area contributed by atoms with Crippen molar-refractivity contribution in [3.8, 4) is 17.2 Å². The van der Waals surface area contributed by atoms with E-state index < -0.39 is 11.7 Å². The predicted molar refractivity (Wildman–Crippen MR) is 115 cm³/mol. The maximum atomic E-state index is 12.3. The molecule has 0 amide bonds. The van der Waals surface area contributed by atoms with E-state index >= 15 is 0 Å². The Bertz CT molecular complexity index is 952. The minimum absolute atomic E-state index is 0.0966. The Morgan fingerprint density at radius 3 is 2.67 bits per heavy atom. The van der Waals surface area contributed by atoms with Crippen molar-refractivity contribution in [2.75, 3.05) is 19.8 Å². The Balaban J connectivity index is 2.13. The minimum atomic E-state index is -0.890. The predicted octanol–water partition coefficient (Wildman–Crippen LogP) is 3.69. The molecule has 0 aliphatic carbocycles. The van der Waals surface area contributed by atoms with Crippen LogP contribution in [0.2, 0.25) is 0 Å². The number of aliphatic hydroxyl groups is 2. The number of benzene rings is 1. The SMILES string of the molecule is CC(C)=CCCC(C)=CCOc1c(O)c2cccc(OCCC(O)CO)c2oc1=O. The van der Waals surface area contributed by atoms with E-state index in [9.17, 15) is 15.0 Å². The topological polar surface area (TPSA) is 109 Å². The highest BCUT2D eigenvalue weighted by molar-refractivity contribution is 5.89. The van der Waals surface area contributed by atoms with Crippen molar-refractivity contribution in [1.29, 1.82) is 0 Å². The molecule has 7 nitrogen and oxygen atoms in total. The third-order valence-corrected chi connectivity index (χ3v) is 4.50. The van der Waals surface area contributed by atoms with Gasteiger partial charge in [0.05, 0.1) is 24.7 Å². The van der Waals surface area contributed by atoms with Gasteiger partial charge in [-0.25, -0.2) is 4.79 Å². The van der Waals surface area contributed by atoms with E-state index in [1.165, 1.54) is 5.57 Å². The van der Waals surface area contributed by atoms with Crippen LogP contribution in [0.1, 0.15) is 40.0 Å². The number of fused-ring (bicyclic) bond motifs is 1. The Labute approximate surface area is 175 Å². The number of allylic oxidation sites excluding steroid dienone is 3. The van der Waals surface area contributed by atoms with Crippen LogP contribution in [0.5, 0.6) is 17.2 Å². The van der Waals surface area contributed by atoms with E-state index in [1.54, 1.807) is 18.2 Å². The zero-order chi connectivity index (χ0) is 22.1. The Hall–Kier alpha value is -2.77. The minimum Gasteiger partial charge on any atom is -0.504 e. The van der Waals surface area contributed by atoms with Crippen molar-refractivity contribution >= 4 is 11.0 Å². The van der Waals surface area contributed by atoms with Crippen molar-refractivity contribution in [3.05, 3.63) is 51.9 Å². The Morgan fingerprint density at radius 1 is 1.20 bits per heavy atom. The lowest BCUT2D eigenvalue weighted by atomic mass is 10.1. The number of aromatic hydroxyl groups is 1. The molecule has 0 aliphatic heterocycles. The van der Waals surface area contributed by atoms with E-state index in [-0.39, 0.29) is 54.5 Å². The molecule has 0 saturated heterocycles. The first-order chi connectivity index (χ1) is 14.3. The number of rotatable bonds is 11. The molecule has 2 aromatic rings.